The molecule has 1 aromatic rings. The highest BCUT2D eigenvalue weighted by atomic mass is 32.1. The number of carboxylic acid groups (broad SMARTS) is 1. The quantitative estimate of drug-likeness (QED) is 0.901. The van der Waals surface area contributed by atoms with Crippen molar-refractivity contribution >= 4 is 17.3 Å². The van der Waals surface area contributed by atoms with Crippen molar-refractivity contribution in [3.8, 4) is 0 Å². The zero-order valence-corrected chi connectivity index (χ0v) is 12.5. The van der Waals surface area contributed by atoms with E-state index < -0.39 is 5.97 Å². The molecule has 106 valence electrons. The third-order valence-electron chi connectivity index (χ3n) is 3.84. The standard InChI is InChI=1S/C14H22N2O2S/c1-3-12-15-13(14(17)18)11(19-12)9-16(2)10-7-5-4-6-8-10/h10H,3-9H2,1-2H3,(H,17,18). The second-order valence-electron chi connectivity index (χ2n) is 5.25. The van der Waals surface area contributed by atoms with Crippen LogP contribution in [0.1, 0.15) is 59.4 Å². The van der Waals surface area contributed by atoms with Crippen molar-refractivity contribution in [2.75, 3.05) is 7.05 Å². The van der Waals surface area contributed by atoms with Crippen LogP contribution in [0.2, 0.25) is 0 Å². The number of hydrogen-bond donors (Lipinski definition) is 1. The fourth-order valence-electron chi connectivity index (χ4n) is 2.70. The van der Waals surface area contributed by atoms with Crippen molar-refractivity contribution in [2.24, 2.45) is 0 Å². The van der Waals surface area contributed by atoms with E-state index in [1.54, 1.807) is 11.3 Å². The summed E-state index contributed by atoms with van der Waals surface area (Å²) in [6.45, 7) is 2.73. The molecule has 19 heavy (non-hydrogen) atoms. The number of carbonyl (C=O) groups is 1. The van der Waals surface area contributed by atoms with E-state index in [0.717, 1.165) is 16.3 Å². The number of aryl methyl sites for hydroxylation is 1. The maximum absolute atomic E-state index is 11.2. The summed E-state index contributed by atoms with van der Waals surface area (Å²) in [6, 6.07) is 0.600. The smallest absolute Gasteiger partial charge is 0.355 e. The third kappa shape index (κ3) is 3.54. The van der Waals surface area contributed by atoms with Crippen molar-refractivity contribution in [1.29, 1.82) is 0 Å². The molecule has 0 radical (unpaired) electrons. The highest BCUT2D eigenvalue weighted by molar-refractivity contribution is 7.11. The van der Waals surface area contributed by atoms with E-state index in [1.165, 1.54) is 32.1 Å². The predicted molar refractivity (Wildman–Crippen MR) is 76.8 cm³/mol. The van der Waals surface area contributed by atoms with Crippen LogP contribution >= 0.6 is 11.3 Å². The Kier molecular flexibility index (Phi) is 4.93. The van der Waals surface area contributed by atoms with Gasteiger partial charge in [-0.25, -0.2) is 9.78 Å². The molecule has 0 amide bonds. The monoisotopic (exact) mass is 282 g/mol. The Hall–Kier alpha value is -0.940. The molecule has 0 spiro atoms. The molecule has 1 saturated carbocycles. The Labute approximate surface area is 118 Å². The van der Waals surface area contributed by atoms with Crippen molar-refractivity contribution in [2.45, 2.75) is 58.0 Å². The molecule has 1 aromatic heterocycles. The minimum atomic E-state index is -0.900. The molecule has 0 bridgehead atoms. The van der Waals surface area contributed by atoms with Crippen LogP contribution in [0.4, 0.5) is 0 Å². The van der Waals surface area contributed by atoms with E-state index >= 15 is 0 Å². The minimum Gasteiger partial charge on any atom is -0.476 e. The first-order chi connectivity index (χ1) is 9.11. The molecule has 0 aliphatic heterocycles. The van der Waals surface area contributed by atoms with Gasteiger partial charge in [-0.2, -0.15) is 0 Å². The molecule has 0 atom stereocenters. The second-order valence-corrected chi connectivity index (χ2v) is 6.41. The van der Waals surface area contributed by atoms with Crippen molar-refractivity contribution in [3.05, 3.63) is 15.6 Å². The number of rotatable bonds is 5. The lowest BCUT2D eigenvalue weighted by Gasteiger charge is -2.30. The first-order valence-corrected chi connectivity index (χ1v) is 7.85. The maximum atomic E-state index is 11.2. The first kappa shape index (κ1) is 14.5. The van der Waals surface area contributed by atoms with Crippen LogP contribution in [0.5, 0.6) is 0 Å². The van der Waals surface area contributed by atoms with Gasteiger partial charge in [0.05, 0.1) is 9.88 Å². The molecule has 2 rings (SSSR count). The fraction of sp³-hybridized carbons (Fsp3) is 0.714. The predicted octanol–water partition coefficient (Wildman–Crippen LogP) is 3.17. The van der Waals surface area contributed by atoms with Crippen LogP contribution in [0.15, 0.2) is 0 Å². The van der Waals surface area contributed by atoms with E-state index in [4.69, 9.17) is 0 Å². The lowest BCUT2D eigenvalue weighted by molar-refractivity contribution is 0.0688. The molecule has 4 nitrogen and oxygen atoms in total. The molecule has 5 heteroatoms. The van der Waals surface area contributed by atoms with Gasteiger partial charge in [0, 0.05) is 12.6 Å². The van der Waals surface area contributed by atoms with Crippen LogP contribution in [0.25, 0.3) is 0 Å². The van der Waals surface area contributed by atoms with Gasteiger partial charge in [0.2, 0.25) is 0 Å². The molecular weight excluding hydrogens is 260 g/mol. The summed E-state index contributed by atoms with van der Waals surface area (Å²) >= 11 is 1.55. The zero-order chi connectivity index (χ0) is 13.8. The molecule has 0 unspecified atom stereocenters. The first-order valence-electron chi connectivity index (χ1n) is 7.04. The SMILES string of the molecule is CCc1nc(C(=O)O)c(CN(C)C2CCCCC2)s1. The van der Waals surface area contributed by atoms with Gasteiger partial charge in [-0.15, -0.1) is 11.3 Å². The van der Waals surface area contributed by atoms with Gasteiger partial charge in [0.15, 0.2) is 5.69 Å². The Morgan fingerprint density at radius 1 is 1.42 bits per heavy atom. The number of carboxylic acids is 1. The van der Waals surface area contributed by atoms with Crippen LogP contribution in [0, 0.1) is 0 Å². The molecule has 1 aliphatic rings. The molecule has 0 aromatic carbocycles. The number of hydrogen-bond acceptors (Lipinski definition) is 4. The summed E-state index contributed by atoms with van der Waals surface area (Å²) in [7, 11) is 2.10. The van der Waals surface area contributed by atoms with Crippen molar-refractivity contribution in [1.82, 2.24) is 9.88 Å². The Bertz CT molecular complexity index is 439. The maximum Gasteiger partial charge on any atom is 0.355 e. The van der Waals surface area contributed by atoms with Gasteiger partial charge in [-0.1, -0.05) is 26.2 Å². The summed E-state index contributed by atoms with van der Waals surface area (Å²) in [5, 5.41) is 10.1. The van der Waals surface area contributed by atoms with Gasteiger partial charge in [0.25, 0.3) is 0 Å². The molecule has 1 fully saturated rings. The topological polar surface area (TPSA) is 53.4 Å². The third-order valence-corrected chi connectivity index (χ3v) is 5.02. The van der Waals surface area contributed by atoms with E-state index in [-0.39, 0.29) is 5.69 Å². The highest BCUT2D eigenvalue weighted by Gasteiger charge is 2.22. The summed E-state index contributed by atoms with van der Waals surface area (Å²) in [5.41, 5.74) is 0.254. The average molecular weight is 282 g/mol. The van der Waals surface area contributed by atoms with Crippen molar-refractivity contribution < 1.29 is 9.90 Å². The zero-order valence-electron chi connectivity index (χ0n) is 11.7. The van der Waals surface area contributed by atoms with Crippen molar-refractivity contribution in [3.63, 3.8) is 0 Å². The van der Waals surface area contributed by atoms with Gasteiger partial charge < -0.3 is 5.11 Å². The Morgan fingerprint density at radius 3 is 2.68 bits per heavy atom. The van der Waals surface area contributed by atoms with E-state index in [1.807, 2.05) is 6.92 Å². The number of aromatic carboxylic acids is 1. The summed E-state index contributed by atoms with van der Waals surface area (Å²) < 4.78 is 0. The molecular formula is C14H22N2O2S. The summed E-state index contributed by atoms with van der Waals surface area (Å²) in [4.78, 5) is 18.7. The molecule has 1 N–H and O–H groups in total. The number of nitrogens with zero attached hydrogens (tertiary/aromatic N) is 2. The van der Waals surface area contributed by atoms with Gasteiger partial charge in [-0.3, -0.25) is 4.90 Å². The van der Waals surface area contributed by atoms with Crippen LogP contribution < -0.4 is 0 Å². The number of thiazole rings is 1. The van der Waals surface area contributed by atoms with Crippen LogP contribution in [-0.4, -0.2) is 34.0 Å². The second kappa shape index (κ2) is 6.48. The van der Waals surface area contributed by atoms with Gasteiger partial charge in [0.1, 0.15) is 0 Å². The fourth-order valence-corrected chi connectivity index (χ4v) is 3.77. The lowest BCUT2D eigenvalue weighted by Crippen LogP contribution is -2.33. The van der Waals surface area contributed by atoms with E-state index in [2.05, 4.69) is 16.9 Å². The average Bonchev–Trinajstić information content (AvgIpc) is 2.83. The minimum absolute atomic E-state index is 0.254. The summed E-state index contributed by atoms with van der Waals surface area (Å²) in [6.07, 6.45) is 7.20. The van der Waals surface area contributed by atoms with Crippen LogP contribution in [-0.2, 0) is 13.0 Å². The molecule has 1 heterocycles. The van der Waals surface area contributed by atoms with E-state index in [9.17, 15) is 9.90 Å². The molecule has 1 aliphatic carbocycles. The number of aromatic nitrogens is 1. The molecule has 0 saturated heterocycles. The highest BCUT2D eigenvalue weighted by Crippen LogP contribution is 2.26. The van der Waals surface area contributed by atoms with Gasteiger partial charge >= 0.3 is 5.97 Å². The van der Waals surface area contributed by atoms with E-state index in [0.29, 0.717) is 12.6 Å². The largest absolute Gasteiger partial charge is 0.476 e. The summed E-state index contributed by atoms with van der Waals surface area (Å²) in [5.74, 6) is -0.900. The Balaban J connectivity index is 2.08. The van der Waals surface area contributed by atoms with Gasteiger partial charge in [-0.05, 0) is 26.3 Å². The lowest BCUT2D eigenvalue weighted by atomic mass is 9.94. The Morgan fingerprint density at radius 2 is 2.11 bits per heavy atom. The normalized spacial score (nSPS) is 17.0. The van der Waals surface area contributed by atoms with Crippen LogP contribution in [0.3, 0.4) is 0 Å².